The number of nitrogens with zero attached hydrogens (tertiary/aromatic N) is 2. The number of aromatic nitrogens is 1. The Morgan fingerprint density at radius 3 is 2.47 bits per heavy atom. The Labute approximate surface area is 96.3 Å². The number of halogens is 2. The van der Waals surface area contributed by atoms with Gasteiger partial charge in [0, 0.05) is 11.8 Å². The van der Waals surface area contributed by atoms with E-state index in [1.807, 2.05) is 6.07 Å². The highest BCUT2D eigenvalue weighted by molar-refractivity contribution is 5.60. The van der Waals surface area contributed by atoms with Gasteiger partial charge in [0.25, 0.3) is 0 Å². The molecular weight excluding hydrogens is 224 g/mol. The average Bonchev–Trinajstić information content (AvgIpc) is 2.28. The first-order valence-electron chi connectivity index (χ1n) is 4.75. The van der Waals surface area contributed by atoms with E-state index in [4.69, 9.17) is 5.26 Å². The predicted octanol–water partition coefficient (Wildman–Crippen LogP) is 2.98. The van der Waals surface area contributed by atoms with Gasteiger partial charge in [-0.25, -0.2) is 8.78 Å². The zero-order valence-electron chi connectivity index (χ0n) is 8.61. The second kappa shape index (κ2) is 4.58. The zero-order valence-corrected chi connectivity index (χ0v) is 8.61. The molecule has 84 valence electrons. The van der Waals surface area contributed by atoms with E-state index in [0.717, 1.165) is 12.3 Å². The second-order valence-corrected chi connectivity index (χ2v) is 3.36. The first-order valence-corrected chi connectivity index (χ1v) is 4.75. The molecule has 1 heterocycles. The van der Waals surface area contributed by atoms with Crippen LogP contribution >= 0.6 is 0 Å². The van der Waals surface area contributed by atoms with Crippen molar-refractivity contribution in [3.05, 3.63) is 53.9 Å². The van der Waals surface area contributed by atoms with Crippen molar-refractivity contribution in [2.45, 2.75) is 0 Å². The van der Waals surface area contributed by atoms with Crippen LogP contribution in [0.25, 0.3) is 0 Å². The molecule has 1 aromatic carbocycles. The van der Waals surface area contributed by atoms with Crippen molar-refractivity contribution in [2.24, 2.45) is 0 Å². The molecule has 0 atom stereocenters. The SMILES string of the molecule is N#Cc1cc(F)cc(Nc2cncc(F)c2)c1. The van der Waals surface area contributed by atoms with Crippen molar-refractivity contribution < 1.29 is 8.78 Å². The maximum atomic E-state index is 13.1. The van der Waals surface area contributed by atoms with Gasteiger partial charge in [-0.1, -0.05) is 0 Å². The van der Waals surface area contributed by atoms with Crippen LogP contribution in [0.4, 0.5) is 20.2 Å². The van der Waals surface area contributed by atoms with Crippen molar-refractivity contribution in [3.8, 4) is 6.07 Å². The zero-order chi connectivity index (χ0) is 12.3. The first kappa shape index (κ1) is 11.0. The lowest BCUT2D eigenvalue weighted by Gasteiger charge is -2.06. The summed E-state index contributed by atoms with van der Waals surface area (Å²) in [5, 5.41) is 11.4. The summed E-state index contributed by atoms with van der Waals surface area (Å²) in [4.78, 5) is 3.65. The Balaban J connectivity index is 2.30. The maximum Gasteiger partial charge on any atom is 0.143 e. The molecule has 0 spiro atoms. The summed E-state index contributed by atoms with van der Waals surface area (Å²) in [6.45, 7) is 0. The molecule has 2 aromatic rings. The number of anilines is 2. The highest BCUT2D eigenvalue weighted by Crippen LogP contribution is 2.19. The van der Waals surface area contributed by atoms with Crippen LogP contribution in [-0.2, 0) is 0 Å². The van der Waals surface area contributed by atoms with E-state index < -0.39 is 11.6 Å². The number of rotatable bonds is 2. The van der Waals surface area contributed by atoms with Gasteiger partial charge >= 0.3 is 0 Å². The topological polar surface area (TPSA) is 48.7 Å². The molecule has 0 amide bonds. The Morgan fingerprint density at radius 1 is 1.00 bits per heavy atom. The summed E-state index contributed by atoms with van der Waals surface area (Å²) in [6, 6.07) is 6.86. The summed E-state index contributed by atoms with van der Waals surface area (Å²) < 4.78 is 26.0. The second-order valence-electron chi connectivity index (χ2n) is 3.36. The van der Waals surface area contributed by atoms with E-state index in [1.54, 1.807) is 0 Å². The van der Waals surface area contributed by atoms with Crippen LogP contribution in [0.2, 0.25) is 0 Å². The smallest absolute Gasteiger partial charge is 0.143 e. The number of hydrogen-bond acceptors (Lipinski definition) is 3. The van der Waals surface area contributed by atoms with Gasteiger partial charge in [-0.2, -0.15) is 5.26 Å². The molecule has 0 unspecified atom stereocenters. The van der Waals surface area contributed by atoms with E-state index in [-0.39, 0.29) is 5.56 Å². The van der Waals surface area contributed by atoms with Gasteiger partial charge in [0.1, 0.15) is 11.6 Å². The van der Waals surface area contributed by atoms with Gasteiger partial charge < -0.3 is 5.32 Å². The lowest BCUT2D eigenvalue weighted by atomic mass is 10.2. The Kier molecular flexibility index (Phi) is 2.97. The summed E-state index contributed by atoms with van der Waals surface area (Å²) in [7, 11) is 0. The first-order chi connectivity index (χ1) is 8.17. The van der Waals surface area contributed by atoms with E-state index >= 15 is 0 Å². The minimum absolute atomic E-state index is 0.192. The molecule has 0 aliphatic carbocycles. The Hall–Kier alpha value is -2.48. The van der Waals surface area contributed by atoms with Gasteiger partial charge in [0.2, 0.25) is 0 Å². The van der Waals surface area contributed by atoms with Gasteiger partial charge in [-0.05, 0) is 18.2 Å². The molecule has 0 fully saturated rings. The molecule has 0 aliphatic rings. The minimum atomic E-state index is -0.532. The van der Waals surface area contributed by atoms with Gasteiger partial charge in [-0.3, -0.25) is 4.98 Å². The minimum Gasteiger partial charge on any atom is -0.354 e. The quantitative estimate of drug-likeness (QED) is 0.864. The van der Waals surface area contributed by atoms with Gasteiger partial charge in [-0.15, -0.1) is 0 Å². The van der Waals surface area contributed by atoms with Crippen molar-refractivity contribution >= 4 is 11.4 Å². The third-order valence-electron chi connectivity index (χ3n) is 2.02. The molecular formula is C12H7F2N3. The van der Waals surface area contributed by atoms with Crippen LogP contribution in [0, 0.1) is 23.0 Å². The van der Waals surface area contributed by atoms with Crippen LogP contribution in [0.1, 0.15) is 5.56 Å². The molecule has 3 nitrogen and oxygen atoms in total. The largest absolute Gasteiger partial charge is 0.354 e. The molecule has 1 N–H and O–H groups in total. The normalized spacial score (nSPS) is 9.71. The fourth-order valence-electron chi connectivity index (χ4n) is 1.37. The number of benzene rings is 1. The van der Waals surface area contributed by atoms with E-state index in [2.05, 4.69) is 10.3 Å². The Morgan fingerprint density at radius 2 is 1.76 bits per heavy atom. The third kappa shape index (κ3) is 2.75. The van der Waals surface area contributed by atoms with Crippen LogP contribution in [-0.4, -0.2) is 4.98 Å². The monoisotopic (exact) mass is 231 g/mol. The third-order valence-corrected chi connectivity index (χ3v) is 2.02. The molecule has 0 saturated heterocycles. The number of nitrogens with one attached hydrogen (secondary N) is 1. The van der Waals surface area contributed by atoms with Crippen molar-refractivity contribution in [1.82, 2.24) is 4.98 Å². The van der Waals surface area contributed by atoms with E-state index in [1.165, 1.54) is 24.4 Å². The van der Waals surface area contributed by atoms with Gasteiger partial charge in [0.15, 0.2) is 0 Å². The fraction of sp³-hybridized carbons (Fsp3) is 0. The lowest BCUT2D eigenvalue weighted by molar-refractivity contribution is 0.622. The van der Waals surface area contributed by atoms with Gasteiger partial charge in [0.05, 0.1) is 29.7 Å². The Bertz CT molecular complexity index is 591. The highest BCUT2D eigenvalue weighted by Gasteiger charge is 2.02. The van der Waals surface area contributed by atoms with Crippen molar-refractivity contribution in [2.75, 3.05) is 5.32 Å². The molecule has 5 heteroatoms. The van der Waals surface area contributed by atoms with E-state index in [9.17, 15) is 8.78 Å². The summed E-state index contributed by atoms with van der Waals surface area (Å²) in [5.41, 5.74) is 0.949. The average molecular weight is 231 g/mol. The van der Waals surface area contributed by atoms with Crippen LogP contribution < -0.4 is 5.32 Å². The van der Waals surface area contributed by atoms with E-state index in [0.29, 0.717) is 11.4 Å². The predicted molar refractivity (Wildman–Crippen MR) is 58.6 cm³/mol. The molecule has 2 rings (SSSR count). The molecule has 0 bridgehead atoms. The standard InChI is InChI=1S/C12H7F2N3/c13-9-1-8(5-15)2-11(3-9)17-12-4-10(14)6-16-7-12/h1-4,6-7,17H. The number of hydrogen-bond donors (Lipinski definition) is 1. The van der Waals surface area contributed by atoms with Crippen molar-refractivity contribution in [1.29, 1.82) is 5.26 Å². The maximum absolute atomic E-state index is 13.1. The molecule has 1 aromatic heterocycles. The molecule has 0 radical (unpaired) electrons. The highest BCUT2D eigenvalue weighted by atomic mass is 19.1. The number of pyridine rings is 1. The summed E-state index contributed by atoms with van der Waals surface area (Å²) in [5.74, 6) is -1.03. The summed E-state index contributed by atoms with van der Waals surface area (Å²) in [6.07, 6.45) is 2.47. The fourth-order valence-corrected chi connectivity index (χ4v) is 1.37. The van der Waals surface area contributed by atoms with Crippen LogP contribution in [0.5, 0.6) is 0 Å². The molecule has 17 heavy (non-hydrogen) atoms. The molecule has 0 saturated carbocycles. The number of nitriles is 1. The lowest BCUT2D eigenvalue weighted by Crippen LogP contribution is -1.93. The summed E-state index contributed by atoms with van der Waals surface area (Å²) >= 11 is 0. The van der Waals surface area contributed by atoms with Crippen molar-refractivity contribution in [3.63, 3.8) is 0 Å². The van der Waals surface area contributed by atoms with Crippen LogP contribution in [0.15, 0.2) is 36.7 Å². The molecule has 0 aliphatic heterocycles. The van der Waals surface area contributed by atoms with Crippen LogP contribution in [0.3, 0.4) is 0 Å².